The number of nitrogens with one attached hydrogen (secondary N) is 1. The van der Waals surface area contributed by atoms with E-state index < -0.39 is 0 Å². The lowest BCUT2D eigenvalue weighted by molar-refractivity contribution is 0.166. The van der Waals surface area contributed by atoms with Crippen molar-refractivity contribution in [1.82, 2.24) is 10.2 Å². The predicted molar refractivity (Wildman–Crippen MR) is 75.3 cm³/mol. The van der Waals surface area contributed by atoms with Crippen LogP contribution in [0.5, 0.6) is 0 Å². The van der Waals surface area contributed by atoms with Crippen LogP contribution in [0.2, 0.25) is 0 Å². The lowest BCUT2D eigenvalue weighted by Crippen LogP contribution is -2.42. The van der Waals surface area contributed by atoms with Gasteiger partial charge in [-0.2, -0.15) is 0 Å². The van der Waals surface area contributed by atoms with Crippen molar-refractivity contribution in [3.63, 3.8) is 0 Å². The van der Waals surface area contributed by atoms with Crippen molar-refractivity contribution in [2.45, 2.75) is 59.5 Å². The maximum atomic E-state index is 8.91. The molecular formula is C14H32N2O. The highest BCUT2D eigenvalue weighted by molar-refractivity contribution is 4.80. The molecule has 0 aromatic heterocycles. The zero-order chi connectivity index (χ0) is 13.5. The Bertz CT molecular complexity index is 187. The molecule has 104 valence electrons. The summed E-state index contributed by atoms with van der Waals surface area (Å²) in [5.41, 5.74) is 0.300. The van der Waals surface area contributed by atoms with E-state index in [1.54, 1.807) is 0 Å². The van der Waals surface area contributed by atoms with E-state index in [4.69, 9.17) is 5.11 Å². The minimum Gasteiger partial charge on any atom is -0.396 e. The van der Waals surface area contributed by atoms with Crippen molar-refractivity contribution in [3.8, 4) is 0 Å². The van der Waals surface area contributed by atoms with Gasteiger partial charge in [0.25, 0.3) is 0 Å². The average molecular weight is 244 g/mol. The third-order valence-electron chi connectivity index (χ3n) is 3.43. The molecule has 0 aromatic rings. The molecule has 3 heteroatoms. The summed E-state index contributed by atoms with van der Waals surface area (Å²) in [6.45, 7) is 13.7. The Morgan fingerprint density at radius 3 is 2.12 bits per heavy atom. The van der Waals surface area contributed by atoms with E-state index in [9.17, 15) is 0 Å². The van der Waals surface area contributed by atoms with Crippen LogP contribution in [0.3, 0.4) is 0 Å². The molecule has 1 unspecified atom stereocenters. The fraction of sp³-hybridized carbons (Fsp3) is 1.00. The zero-order valence-electron chi connectivity index (χ0n) is 12.6. The molecule has 0 saturated heterocycles. The molecule has 1 atom stereocenters. The summed E-state index contributed by atoms with van der Waals surface area (Å²) in [6.07, 6.45) is 2.03. The van der Waals surface area contributed by atoms with Gasteiger partial charge in [0, 0.05) is 25.2 Å². The molecule has 0 saturated carbocycles. The van der Waals surface area contributed by atoms with Crippen LogP contribution in [-0.4, -0.2) is 48.8 Å². The Kier molecular flexibility index (Phi) is 8.01. The summed E-state index contributed by atoms with van der Waals surface area (Å²) in [7, 11) is 2.04. The summed E-state index contributed by atoms with van der Waals surface area (Å²) in [6, 6.07) is 1.09. The zero-order valence-corrected chi connectivity index (χ0v) is 12.6. The van der Waals surface area contributed by atoms with E-state index in [1.165, 1.54) is 0 Å². The largest absolute Gasteiger partial charge is 0.396 e. The maximum Gasteiger partial charge on any atom is 0.0443 e. The van der Waals surface area contributed by atoms with E-state index in [1.807, 2.05) is 7.05 Å². The smallest absolute Gasteiger partial charge is 0.0443 e. The van der Waals surface area contributed by atoms with Gasteiger partial charge in [0.15, 0.2) is 0 Å². The monoisotopic (exact) mass is 244 g/mol. The molecule has 17 heavy (non-hydrogen) atoms. The summed E-state index contributed by atoms with van der Waals surface area (Å²) in [5, 5.41) is 12.3. The van der Waals surface area contributed by atoms with Gasteiger partial charge >= 0.3 is 0 Å². The van der Waals surface area contributed by atoms with Gasteiger partial charge in [-0.3, -0.25) is 0 Å². The first kappa shape index (κ1) is 16.9. The minimum atomic E-state index is 0.290. The SMILES string of the molecule is CNC(CCN(CCCO)C(C)C)C(C)(C)C. The Balaban J connectivity index is 4.18. The Morgan fingerprint density at radius 2 is 1.76 bits per heavy atom. The third kappa shape index (κ3) is 7.02. The average Bonchev–Trinajstić information content (AvgIpc) is 2.20. The van der Waals surface area contributed by atoms with Crippen molar-refractivity contribution in [2.24, 2.45) is 5.41 Å². The lowest BCUT2D eigenvalue weighted by atomic mass is 9.85. The van der Waals surface area contributed by atoms with E-state index in [-0.39, 0.29) is 6.61 Å². The van der Waals surface area contributed by atoms with E-state index >= 15 is 0 Å². The molecule has 0 fully saturated rings. The molecule has 0 aliphatic rings. The first-order valence-corrected chi connectivity index (χ1v) is 6.85. The van der Waals surface area contributed by atoms with Crippen molar-refractivity contribution in [2.75, 3.05) is 26.7 Å². The highest BCUT2D eigenvalue weighted by Gasteiger charge is 2.23. The molecular weight excluding hydrogens is 212 g/mol. The summed E-state index contributed by atoms with van der Waals surface area (Å²) < 4.78 is 0. The quantitative estimate of drug-likeness (QED) is 0.686. The number of aliphatic hydroxyl groups excluding tert-OH is 1. The predicted octanol–water partition coefficient (Wildman–Crippen LogP) is 2.10. The van der Waals surface area contributed by atoms with Crippen molar-refractivity contribution in [3.05, 3.63) is 0 Å². The molecule has 0 rings (SSSR count). The molecule has 0 spiro atoms. The molecule has 3 nitrogen and oxygen atoms in total. The second kappa shape index (κ2) is 8.06. The molecule has 0 bridgehead atoms. The number of hydrogen-bond acceptors (Lipinski definition) is 3. The van der Waals surface area contributed by atoms with Gasteiger partial charge in [0.2, 0.25) is 0 Å². The fourth-order valence-electron chi connectivity index (χ4n) is 2.21. The van der Waals surface area contributed by atoms with Crippen LogP contribution >= 0.6 is 0 Å². The van der Waals surface area contributed by atoms with Crippen molar-refractivity contribution in [1.29, 1.82) is 0 Å². The summed E-state index contributed by atoms with van der Waals surface area (Å²) in [4.78, 5) is 2.45. The second-order valence-corrected chi connectivity index (χ2v) is 6.20. The molecule has 0 aromatic carbocycles. The van der Waals surface area contributed by atoms with Gasteiger partial charge in [-0.05, 0) is 45.7 Å². The van der Waals surface area contributed by atoms with Crippen LogP contribution in [0.4, 0.5) is 0 Å². The molecule has 0 heterocycles. The molecule has 2 N–H and O–H groups in total. The number of rotatable bonds is 8. The highest BCUT2D eigenvalue weighted by atomic mass is 16.3. The van der Waals surface area contributed by atoms with Gasteiger partial charge in [0.1, 0.15) is 0 Å². The molecule has 0 amide bonds. The van der Waals surface area contributed by atoms with Crippen LogP contribution in [0.15, 0.2) is 0 Å². The Morgan fingerprint density at radius 1 is 1.18 bits per heavy atom. The molecule has 0 aliphatic carbocycles. The van der Waals surface area contributed by atoms with Crippen LogP contribution in [0.25, 0.3) is 0 Å². The topological polar surface area (TPSA) is 35.5 Å². The lowest BCUT2D eigenvalue weighted by Gasteiger charge is -2.34. The van der Waals surface area contributed by atoms with Gasteiger partial charge in [-0.25, -0.2) is 0 Å². The molecule has 0 radical (unpaired) electrons. The Labute approximate surface area is 108 Å². The van der Waals surface area contributed by atoms with Gasteiger partial charge in [0.05, 0.1) is 0 Å². The number of aliphatic hydroxyl groups is 1. The van der Waals surface area contributed by atoms with Gasteiger partial charge < -0.3 is 15.3 Å². The molecule has 0 aliphatic heterocycles. The van der Waals surface area contributed by atoms with Crippen molar-refractivity contribution < 1.29 is 5.11 Å². The minimum absolute atomic E-state index is 0.290. The van der Waals surface area contributed by atoms with Crippen LogP contribution in [0.1, 0.15) is 47.5 Å². The van der Waals surface area contributed by atoms with Crippen LogP contribution in [0, 0.1) is 5.41 Å². The maximum absolute atomic E-state index is 8.91. The third-order valence-corrected chi connectivity index (χ3v) is 3.43. The van der Waals surface area contributed by atoms with E-state index in [0.717, 1.165) is 25.9 Å². The van der Waals surface area contributed by atoms with Crippen LogP contribution in [-0.2, 0) is 0 Å². The van der Waals surface area contributed by atoms with Gasteiger partial charge in [-0.15, -0.1) is 0 Å². The standard InChI is InChI=1S/C14H32N2O/c1-12(2)16(9-7-11-17)10-8-13(15-6)14(3,4)5/h12-13,15,17H,7-11H2,1-6H3. The van der Waals surface area contributed by atoms with Crippen LogP contribution < -0.4 is 5.32 Å². The first-order chi connectivity index (χ1) is 7.82. The number of hydrogen-bond donors (Lipinski definition) is 2. The Hall–Kier alpha value is -0.120. The second-order valence-electron chi connectivity index (χ2n) is 6.20. The van der Waals surface area contributed by atoms with Gasteiger partial charge in [-0.1, -0.05) is 20.8 Å². The highest BCUT2D eigenvalue weighted by Crippen LogP contribution is 2.22. The van der Waals surface area contributed by atoms with Crippen molar-refractivity contribution >= 4 is 0 Å². The fourth-order valence-corrected chi connectivity index (χ4v) is 2.21. The first-order valence-electron chi connectivity index (χ1n) is 6.85. The summed E-state index contributed by atoms with van der Waals surface area (Å²) >= 11 is 0. The van der Waals surface area contributed by atoms with E-state index in [2.05, 4.69) is 44.8 Å². The number of nitrogens with zero attached hydrogens (tertiary/aromatic N) is 1. The van der Waals surface area contributed by atoms with E-state index in [0.29, 0.717) is 17.5 Å². The summed E-state index contributed by atoms with van der Waals surface area (Å²) in [5.74, 6) is 0. The normalized spacial score (nSPS) is 14.6.